The highest BCUT2D eigenvalue weighted by molar-refractivity contribution is 7.97. The van der Waals surface area contributed by atoms with Crippen molar-refractivity contribution in [1.29, 1.82) is 0 Å². The van der Waals surface area contributed by atoms with Gasteiger partial charge in [0.25, 0.3) is 0 Å². The topological polar surface area (TPSA) is 36.9 Å². The highest BCUT2D eigenvalue weighted by atomic mass is 32.2. The van der Waals surface area contributed by atoms with Crippen LogP contribution in [0.25, 0.3) is 10.8 Å². The molecule has 24 heavy (non-hydrogen) atoms. The molecule has 0 N–H and O–H groups in total. The van der Waals surface area contributed by atoms with Gasteiger partial charge in [-0.1, -0.05) is 18.2 Å². The van der Waals surface area contributed by atoms with E-state index in [9.17, 15) is 0 Å². The molecular formula is C19H25O4S+. The van der Waals surface area contributed by atoms with Crippen molar-refractivity contribution < 1.29 is 18.9 Å². The van der Waals surface area contributed by atoms with Gasteiger partial charge in [0.05, 0.1) is 33.0 Å². The van der Waals surface area contributed by atoms with Gasteiger partial charge in [0, 0.05) is 28.8 Å². The Morgan fingerprint density at radius 1 is 0.917 bits per heavy atom. The molecule has 3 rings (SSSR count). The van der Waals surface area contributed by atoms with Gasteiger partial charge in [-0.25, -0.2) is 0 Å². The van der Waals surface area contributed by atoms with Crippen LogP contribution in [0, 0.1) is 0 Å². The molecule has 0 aliphatic carbocycles. The third-order valence-corrected chi connectivity index (χ3v) is 6.32. The predicted molar refractivity (Wildman–Crippen MR) is 98.3 cm³/mol. The Balaban J connectivity index is 1.71. The molecule has 2 aromatic carbocycles. The van der Waals surface area contributed by atoms with E-state index in [0.717, 1.165) is 30.5 Å². The largest absolute Gasteiger partial charge is 0.491 e. The second-order valence-corrected chi connectivity index (χ2v) is 7.82. The van der Waals surface area contributed by atoms with Gasteiger partial charge in [-0.05, 0) is 18.2 Å². The molecule has 4 nitrogen and oxygen atoms in total. The van der Waals surface area contributed by atoms with Gasteiger partial charge in [0.15, 0.2) is 4.90 Å². The lowest BCUT2D eigenvalue weighted by Gasteiger charge is -2.17. The van der Waals surface area contributed by atoms with Gasteiger partial charge in [-0.2, -0.15) is 0 Å². The normalized spacial score (nSPS) is 15.7. The van der Waals surface area contributed by atoms with Gasteiger partial charge in [0.2, 0.25) is 0 Å². The maximum Gasteiger partial charge on any atom is 0.163 e. The summed E-state index contributed by atoms with van der Waals surface area (Å²) >= 11 is 0. The maximum absolute atomic E-state index is 5.95. The SMILES string of the molecule is COCCOCCOc1ccc([S+]2CCOCC2)c2ccccc12. The minimum atomic E-state index is 0.279. The highest BCUT2D eigenvalue weighted by Crippen LogP contribution is 2.33. The predicted octanol–water partition coefficient (Wildman–Crippen LogP) is 2.89. The third kappa shape index (κ3) is 4.42. The van der Waals surface area contributed by atoms with Crippen molar-refractivity contribution in [1.82, 2.24) is 0 Å². The Morgan fingerprint density at radius 2 is 1.67 bits per heavy atom. The van der Waals surface area contributed by atoms with E-state index in [0.29, 0.717) is 26.4 Å². The summed E-state index contributed by atoms with van der Waals surface area (Å²) in [6.45, 7) is 4.07. The molecule has 0 spiro atoms. The van der Waals surface area contributed by atoms with E-state index in [1.54, 1.807) is 7.11 Å². The first-order chi connectivity index (χ1) is 11.9. The Kier molecular flexibility index (Phi) is 6.78. The van der Waals surface area contributed by atoms with Gasteiger partial charge in [-0.15, -0.1) is 0 Å². The quantitative estimate of drug-likeness (QED) is 0.542. The van der Waals surface area contributed by atoms with E-state index in [4.69, 9.17) is 18.9 Å². The molecule has 0 saturated carbocycles. The van der Waals surface area contributed by atoms with Crippen LogP contribution in [0.3, 0.4) is 0 Å². The van der Waals surface area contributed by atoms with Gasteiger partial charge in [0.1, 0.15) is 23.9 Å². The number of fused-ring (bicyclic) bond motifs is 1. The molecule has 5 heteroatoms. The molecule has 0 bridgehead atoms. The number of hydrogen-bond acceptors (Lipinski definition) is 4. The second-order valence-electron chi connectivity index (χ2n) is 5.57. The van der Waals surface area contributed by atoms with Gasteiger partial charge < -0.3 is 18.9 Å². The van der Waals surface area contributed by atoms with E-state index in [1.807, 2.05) is 0 Å². The molecule has 1 saturated heterocycles. The van der Waals surface area contributed by atoms with Crippen LogP contribution in [-0.2, 0) is 25.1 Å². The smallest absolute Gasteiger partial charge is 0.163 e. The molecule has 1 aliphatic rings. The monoisotopic (exact) mass is 349 g/mol. The summed E-state index contributed by atoms with van der Waals surface area (Å²) in [4.78, 5) is 1.44. The molecule has 0 amide bonds. The Bertz CT molecular complexity index is 640. The molecule has 0 unspecified atom stereocenters. The summed E-state index contributed by atoms with van der Waals surface area (Å²) in [5.41, 5.74) is 0. The fourth-order valence-electron chi connectivity index (χ4n) is 2.82. The van der Waals surface area contributed by atoms with Crippen molar-refractivity contribution in [3.63, 3.8) is 0 Å². The van der Waals surface area contributed by atoms with Gasteiger partial charge in [-0.3, -0.25) is 0 Å². The first kappa shape index (κ1) is 17.5. The molecule has 0 atom stereocenters. The van der Waals surface area contributed by atoms with Crippen molar-refractivity contribution in [3.8, 4) is 5.75 Å². The van der Waals surface area contributed by atoms with Crippen LogP contribution in [0.15, 0.2) is 41.3 Å². The molecule has 1 heterocycles. The molecule has 0 aromatic heterocycles. The lowest BCUT2D eigenvalue weighted by molar-refractivity contribution is 0.0546. The van der Waals surface area contributed by atoms with E-state index in [-0.39, 0.29) is 10.9 Å². The number of benzene rings is 2. The standard InChI is InChI=1S/C19H25O4S/c1-20-8-9-21-10-11-23-18-6-7-19(24-14-12-22-13-15-24)17-5-3-2-4-16(17)18/h2-7H,8-15H2,1H3/q+1. The van der Waals surface area contributed by atoms with Crippen LogP contribution in [0.5, 0.6) is 5.75 Å². The maximum atomic E-state index is 5.95. The zero-order valence-electron chi connectivity index (χ0n) is 14.2. The molecular weight excluding hydrogens is 324 g/mol. The number of methoxy groups -OCH3 is 1. The van der Waals surface area contributed by atoms with Crippen molar-refractivity contribution >= 4 is 21.7 Å². The first-order valence-electron chi connectivity index (χ1n) is 8.36. The minimum absolute atomic E-state index is 0.279. The summed E-state index contributed by atoms with van der Waals surface area (Å²) in [5, 5.41) is 2.49. The summed E-state index contributed by atoms with van der Waals surface area (Å²) in [6, 6.07) is 12.9. The molecule has 0 radical (unpaired) electrons. The van der Waals surface area contributed by atoms with Crippen LogP contribution in [0.4, 0.5) is 0 Å². The van der Waals surface area contributed by atoms with Crippen LogP contribution >= 0.6 is 0 Å². The van der Waals surface area contributed by atoms with Crippen LogP contribution < -0.4 is 4.74 Å². The summed E-state index contributed by atoms with van der Waals surface area (Å²) in [7, 11) is 1.95. The molecule has 2 aromatic rings. The Labute approximate surface area is 146 Å². The zero-order chi connectivity index (χ0) is 16.6. The van der Waals surface area contributed by atoms with Gasteiger partial charge >= 0.3 is 0 Å². The lowest BCUT2D eigenvalue weighted by atomic mass is 10.1. The zero-order valence-corrected chi connectivity index (χ0v) is 15.0. The first-order valence-corrected chi connectivity index (χ1v) is 9.93. The van der Waals surface area contributed by atoms with Crippen LogP contribution in [0.1, 0.15) is 0 Å². The van der Waals surface area contributed by atoms with Crippen LogP contribution in [-0.4, -0.2) is 58.3 Å². The fraction of sp³-hybridized carbons (Fsp3) is 0.474. The Morgan fingerprint density at radius 3 is 2.46 bits per heavy atom. The summed E-state index contributed by atoms with van der Waals surface area (Å²) in [6.07, 6.45) is 0. The van der Waals surface area contributed by atoms with Crippen molar-refractivity contribution in [2.24, 2.45) is 0 Å². The van der Waals surface area contributed by atoms with E-state index in [2.05, 4.69) is 36.4 Å². The number of hydrogen-bond donors (Lipinski definition) is 0. The van der Waals surface area contributed by atoms with Crippen molar-refractivity contribution in [2.45, 2.75) is 4.90 Å². The van der Waals surface area contributed by atoms with E-state index >= 15 is 0 Å². The second kappa shape index (κ2) is 9.28. The number of ether oxygens (including phenoxy) is 4. The average Bonchev–Trinajstić information content (AvgIpc) is 2.65. The van der Waals surface area contributed by atoms with Crippen molar-refractivity contribution in [3.05, 3.63) is 36.4 Å². The van der Waals surface area contributed by atoms with E-state index in [1.165, 1.54) is 15.7 Å². The molecule has 1 aliphatic heterocycles. The minimum Gasteiger partial charge on any atom is -0.491 e. The Hall–Kier alpha value is -1.27. The summed E-state index contributed by atoms with van der Waals surface area (Å²) < 4.78 is 21.9. The molecule has 1 fully saturated rings. The average molecular weight is 349 g/mol. The fourth-order valence-corrected chi connectivity index (χ4v) is 4.85. The van der Waals surface area contributed by atoms with E-state index < -0.39 is 0 Å². The van der Waals surface area contributed by atoms with Crippen LogP contribution in [0.2, 0.25) is 0 Å². The lowest BCUT2D eigenvalue weighted by Crippen LogP contribution is -2.26. The third-order valence-electron chi connectivity index (χ3n) is 4.02. The summed E-state index contributed by atoms with van der Waals surface area (Å²) in [5.74, 6) is 3.18. The molecule has 130 valence electrons. The highest BCUT2D eigenvalue weighted by Gasteiger charge is 2.27. The number of rotatable bonds is 8. The van der Waals surface area contributed by atoms with Crippen molar-refractivity contribution in [2.75, 3.05) is 58.3 Å².